The molecule has 32 heavy (non-hydrogen) atoms. The first-order chi connectivity index (χ1) is 15.2. The van der Waals surface area contributed by atoms with Gasteiger partial charge in [0, 0.05) is 4.90 Å². The summed E-state index contributed by atoms with van der Waals surface area (Å²) >= 11 is 1.47. The number of hydrogen-bond acceptors (Lipinski definition) is 5. The van der Waals surface area contributed by atoms with Crippen molar-refractivity contribution in [1.82, 2.24) is 5.32 Å². The molecule has 0 fully saturated rings. The second-order valence-electron chi connectivity index (χ2n) is 8.52. The van der Waals surface area contributed by atoms with E-state index in [1.807, 2.05) is 18.2 Å². The monoisotopic (exact) mass is 451 g/mol. The molecular formula is C26H29NO4S. The maximum absolute atomic E-state index is 12.8. The smallest absolute Gasteiger partial charge is 0.333 e. The van der Waals surface area contributed by atoms with Gasteiger partial charge in [-0.25, -0.2) is 4.79 Å². The fraction of sp³-hybridized carbons (Fsp3) is 0.308. The molecule has 0 aliphatic rings. The minimum Gasteiger partial charge on any atom is -0.464 e. The van der Waals surface area contributed by atoms with Crippen molar-refractivity contribution >= 4 is 23.6 Å². The number of carbonyl (C=O) groups excluding carboxylic acids is 2. The van der Waals surface area contributed by atoms with Crippen molar-refractivity contribution in [1.29, 1.82) is 0 Å². The van der Waals surface area contributed by atoms with Crippen molar-refractivity contribution in [2.75, 3.05) is 6.61 Å². The van der Waals surface area contributed by atoms with Crippen molar-refractivity contribution in [2.24, 2.45) is 0 Å². The molecule has 2 aromatic carbocycles. The Kier molecular flexibility index (Phi) is 7.46. The van der Waals surface area contributed by atoms with E-state index >= 15 is 0 Å². The summed E-state index contributed by atoms with van der Waals surface area (Å²) in [5.74, 6) is -0.843. The fourth-order valence-electron chi connectivity index (χ4n) is 3.13. The van der Waals surface area contributed by atoms with Crippen LogP contribution in [0.15, 0.2) is 75.1 Å². The molecular weight excluding hydrogens is 422 g/mol. The first kappa shape index (κ1) is 23.7. The van der Waals surface area contributed by atoms with Gasteiger partial charge in [0.05, 0.1) is 6.61 Å². The molecule has 0 unspecified atom stereocenters. The van der Waals surface area contributed by atoms with E-state index < -0.39 is 17.9 Å². The van der Waals surface area contributed by atoms with Crippen LogP contribution in [0.4, 0.5) is 0 Å². The van der Waals surface area contributed by atoms with Crippen LogP contribution in [0.25, 0.3) is 0 Å². The van der Waals surface area contributed by atoms with Gasteiger partial charge in [-0.15, -0.1) is 0 Å². The normalized spacial score (nSPS) is 12.3. The number of esters is 1. The number of aryl methyl sites for hydroxylation is 1. The Labute approximate surface area is 193 Å². The predicted octanol–water partition coefficient (Wildman–Crippen LogP) is 6.07. The molecule has 1 aromatic heterocycles. The summed E-state index contributed by atoms with van der Waals surface area (Å²) in [5, 5.41) is 3.34. The maximum atomic E-state index is 12.8. The second kappa shape index (κ2) is 10.1. The Balaban J connectivity index is 1.77. The quantitative estimate of drug-likeness (QED) is 0.442. The zero-order valence-electron chi connectivity index (χ0n) is 19.1. The van der Waals surface area contributed by atoms with Crippen LogP contribution in [0.1, 0.15) is 61.0 Å². The van der Waals surface area contributed by atoms with Gasteiger partial charge in [-0.3, -0.25) is 4.79 Å². The van der Waals surface area contributed by atoms with E-state index in [-0.39, 0.29) is 17.8 Å². The van der Waals surface area contributed by atoms with E-state index in [1.54, 1.807) is 31.2 Å². The van der Waals surface area contributed by atoms with Gasteiger partial charge in [0.2, 0.25) is 0 Å². The molecule has 3 aromatic rings. The van der Waals surface area contributed by atoms with Crippen LogP contribution in [-0.2, 0) is 14.9 Å². The van der Waals surface area contributed by atoms with Crippen molar-refractivity contribution in [3.8, 4) is 0 Å². The lowest BCUT2D eigenvalue weighted by Crippen LogP contribution is -2.34. The van der Waals surface area contributed by atoms with E-state index in [1.165, 1.54) is 17.3 Å². The predicted molar refractivity (Wildman–Crippen MR) is 126 cm³/mol. The molecule has 3 rings (SSSR count). The highest BCUT2D eigenvalue weighted by atomic mass is 32.2. The average molecular weight is 452 g/mol. The van der Waals surface area contributed by atoms with Gasteiger partial charge in [-0.05, 0) is 54.2 Å². The molecule has 0 radical (unpaired) electrons. The largest absolute Gasteiger partial charge is 0.464 e. The Morgan fingerprint density at radius 3 is 2.44 bits per heavy atom. The molecule has 0 saturated heterocycles. The molecule has 5 nitrogen and oxygen atoms in total. The highest BCUT2D eigenvalue weighted by Gasteiger charge is 2.26. The number of furan rings is 1. The average Bonchev–Trinajstić information content (AvgIpc) is 3.22. The summed E-state index contributed by atoms with van der Waals surface area (Å²) in [6, 6.07) is 17.9. The molecule has 0 spiro atoms. The maximum Gasteiger partial charge on any atom is 0.333 e. The summed E-state index contributed by atoms with van der Waals surface area (Å²) in [6.45, 7) is 10.5. The Morgan fingerprint density at radius 1 is 1.06 bits per heavy atom. The lowest BCUT2D eigenvalue weighted by atomic mass is 9.87. The highest BCUT2D eigenvalue weighted by molar-refractivity contribution is 7.99. The van der Waals surface area contributed by atoms with Gasteiger partial charge >= 0.3 is 5.97 Å². The number of hydrogen-bond donors (Lipinski definition) is 1. The first-order valence-corrected chi connectivity index (χ1v) is 11.4. The van der Waals surface area contributed by atoms with Gasteiger partial charge in [0.15, 0.2) is 16.9 Å². The SMILES string of the molecule is CCOC(=O)[C@@H](NC(=O)c1ccc(Sc2cc(C(C)(C)C)ccc2C)o1)c1ccccc1. The summed E-state index contributed by atoms with van der Waals surface area (Å²) in [4.78, 5) is 26.3. The number of rotatable bonds is 7. The highest BCUT2D eigenvalue weighted by Crippen LogP contribution is 2.35. The van der Waals surface area contributed by atoms with Crippen LogP contribution in [0.2, 0.25) is 0 Å². The summed E-state index contributed by atoms with van der Waals surface area (Å²) in [7, 11) is 0. The third-order valence-corrected chi connectivity index (χ3v) is 6.08. The molecule has 0 saturated carbocycles. The first-order valence-electron chi connectivity index (χ1n) is 10.6. The zero-order chi connectivity index (χ0) is 23.3. The molecule has 0 aliphatic carbocycles. The number of carbonyl (C=O) groups is 2. The minimum absolute atomic E-state index is 0.0385. The van der Waals surface area contributed by atoms with E-state index in [4.69, 9.17) is 9.15 Å². The van der Waals surface area contributed by atoms with E-state index in [0.29, 0.717) is 10.7 Å². The summed E-state index contributed by atoms with van der Waals surface area (Å²) in [5.41, 5.74) is 3.05. The van der Waals surface area contributed by atoms with Crippen LogP contribution >= 0.6 is 11.8 Å². The van der Waals surface area contributed by atoms with Gasteiger partial charge < -0.3 is 14.5 Å². The van der Waals surface area contributed by atoms with Gasteiger partial charge in [0.25, 0.3) is 5.91 Å². The number of benzene rings is 2. The molecule has 0 bridgehead atoms. The second-order valence-corrected chi connectivity index (χ2v) is 9.57. The molecule has 1 heterocycles. The fourth-order valence-corrected chi connectivity index (χ4v) is 4.03. The number of ether oxygens (including phenoxy) is 1. The van der Waals surface area contributed by atoms with Crippen LogP contribution < -0.4 is 5.32 Å². The molecule has 6 heteroatoms. The Bertz CT molecular complexity index is 1080. The van der Waals surface area contributed by atoms with E-state index in [0.717, 1.165) is 10.5 Å². The van der Waals surface area contributed by atoms with Crippen molar-refractivity contribution in [3.05, 3.63) is 83.1 Å². The zero-order valence-corrected chi connectivity index (χ0v) is 19.9. The molecule has 1 N–H and O–H groups in total. The summed E-state index contributed by atoms with van der Waals surface area (Å²) < 4.78 is 10.9. The third-order valence-electron chi connectivity index (χ3n) is 5.00. The molecule has 1 amide bonds. The standard InChI is InChI=1S/C26H29NO4S/c1-6-30-25(29)23(18-10-8-7-9-11-18)27-24(28)20-14-15-22(31-20)32-21-16-19(26(3,4)5)13-12-17(21)2/h7-16,23H,6H2,1-5H3,(H,27,28)/t23-/m0/s1. The Hall–Kier alpha value is -2.99. The summed E-state index contributed by atoms with van der Waals surface area (Å²) in [6.07, 6.45) is 0. The van der Waals surface area contributed by atoms with Crippen molar-refractivity contribution in [3.63, 3.8) is 0 Å². The van der Waals surface area contributed by atoms with Gasteiger partial charge in [-0.1, -0.05) is 75.0 Å². The lowest BCUT2D eigenvalue weighted by molar-refractivity contribution is -0.145. The number of nitrogens with one attached hydrogen (secondary N) is 1. The Morgan fingerprint density at radius 2 is 1.78 bits per heavy atom. The molecule has 1 atom stereocenters. The molecule has 0 aliphatic heterocycles. The van der Waals surface area contributed by atoms with Crippen LogP contribution in [0.5, 0.6) is 0 Å². The van der Waals surface area contributed by atoms with Crippen LogP contribution in [-0.4, -0.2) is 18.5 Å². The van der Waals surface area contributed by atoms with E-state index in [9.17, 15) is 9.59 Å². The van der Waals surface area contributed by atoms with E-state index in [2.05, 4.69) is 51.2 Å². The minimum atomic E-state index is -0.907. The topological polar surface area (TPSA) is 68.5 Å². The van der Waals surface area contributed by atoms with Crippen LogP contribution in [0.3, 0.4) is 0 Å². The number of amides is 1. The van der Waals surface area contributed by atoms with Gasteiger partial charge in [-0.2, -0.15) is 0 Å². The lowest BCUT2D eigenvalue weighted by Gasteiger charge is -2.20. The van der Waals surface area contributed by atoms with Crippen LogP contribution in [0, 0.1) is 6.92 Å². The molecule has 168 valence electrons. The van der Waals surface area contributed by atoms with Crippen molar-refractivity contribution < 1.29 is 18.7 Å². The third kappa shape index (κ3) is 5.82. The van der Waals surface area contributed by atoms with Gasteiger partial charge in [0.1, 0.15) is 0 Å². The van der Waals surface area contributed by atoms with Crippen molar-refractivity contribution in [2.45, 2.75) is 56.1 Å².